The molecule has 1 fully saturated rings. The molecule has 2 heterocycles. The lowest BCUT2D eigenvalue weighted by Gasteiger charge is -2.32. The molecule has 1 amide bonds. The molecule has 0 radical (unpaired) electrons. The number of β-amino-alcohol motifs (C(OH)–C–C–N with tert-alkyl or cyclic N) is 1. The quantitative estimate of drug-likeness (QED) is 0.613. The highest BCUT2D eigenvalue weighted by Crippen LogP contribution is 2.32. The second kappa shape index (κ2) is 10.3. The monoisotopic (exact) mass is 487 g/mol. The van der Waals surface area contributed by atoms with Crippen LogP contribution in [0.5, 0.6) is 5.75 Å². The highest BCUT2D eigenvalue weighted by molar-refractivity contribution is 7.92. The molecular weight excluding hydrogens is 454 g/mol. The van der Waals surface area contributed by atoms with Gasteiger partial charge >= 0.3 is 0 Å². The summed E-state index contributed by atoms with van der Waals surface area (Å²) in [5.74, 6) is 0.402. The van der Waals surface area contributed by atoms with Gasteiger partial charge in [0.25, 0.3) is 5.91 Å². The summed E-state index contributed by atoms with van der Waals surface area (Å²) >= 11 is 0. The van der Waals surface area contributed by atoms with Gasteiger partial charge in [-0.2, -0.15) is 0 Å². The van der Waals surface area contributed by atoms with Crippen molar-refractivity contribution in [2.45, 2.75) is 31.4 Å². The predicted molar refractivity (Wildman–Crippen MR) is 131 cm³/mol. The number of hydrogen-bond acceptors (Lipinski definition) is 6. The lowest BCUT2D eigenvalue weighted by Crippen LogP contribution is -2.40. The number of rotatable bonds is 8. The molecule has 2 aromatic carbocycles. The van der Waals surface area contributed by atoms with Crippen molar-refractivity contribution in [3.05, 3.63) is 59.7 Å². The fourth-order valence-corrected chi connectivity index (χ4v) is 5.74. The summed E-state index contributed by atoms with van der Waals surface area (Å²) in [4.78, 5) is 17.0. The Morgan fingerprint density at radius 3 is 2.65 bits per heavy atom. The van der Waals surface area contributed by atoms with E-state index in [0.29, 0.717) is 31.1 Å². The van der Waals surface area contributed by atoms with Crippen molar-refractivity contribution in [1.82, 2.24) is 9.80 Å². The minimum absolute atomic E-state index is 0.114. The Labute approximate surface area is 201 Å². The molecule has 2 aliphatic rings. The van der Waals surface area contributed by atoms with Crippen molar-refractivity contribution in [2.24, 2.45) is 0 Å². The van der Waals surface area contributed by atoms with E-state index < -0.39 is 10.0 Å². The molecule has 2 aliphatic heterocycles. The van der Waals surface area contributed by atoms with Crippen molar-refractivity contribution < 1.29 is 23.1 Å². The number of ether oxygens (including phenoxy) is 1. The second-order valence-electron chi connectivity index (χ2n) is 9.15. The molecule has 2 aromatic rings. The second-order valence-corrected chi connectivity index (χ2v) is 11.1. The van der Waals surface area contributed by atoms with E-state index in [4.69, 9.17) is 4.74 Å². The van der Waals surface area contributed by atoms with Crippen molar-refractivity contribution >= 4 is 21.6 Å². The SMILES string of the molecule is CN(C(=O)COc1ccc2c(c1)CCCN2S(C)(=O)=O)[C@H](CN1CCC(O)C1)c1ccccc1. The summed E-state index contributed by atoms with van der Waals surface area (Å²) in [5.41, 5.74) is 2.63. The molecule has 0 aliphatic carbocycles. The van der Waals surface area contributed by atoms with Gasteiger partial charge in [-0.3, -0.25) is 14.0 Å². The van der Waals surface area contributed by atoms with E-state index in [1.165, 1.54) is 10.6 Å². The number of likely N-dealkylation sites (tertiary alicyclic amines) is 1. The van der Waals surface area contributed by atoms with Crippen LogP contribution in [0.2, 0.25) is 0 Å². The Hall–Kier alpha value is -2.62. The first kappa shape index (κ1) is 24.5. The number of likely N-dealkylation sites (N-methyl/N-ethyl adjacent to an activating group) is 1. The van der Waals surface area contributed by atoms with Gasteiger partial charge in [0.05, 0.1) is 24.1 Å². The summed E-state index contributed by atoms with van der Waals surface area (Å²) in [7, 11) is -1.54. The number of benzene rings is 2. The molecule has 1 unspecified atom stereocenters. The van der Waals surface area contributed by atoms with E-state index >= 15 is 0 Å². The van der Waals surface area contributed by atoms with Crippen LogP contribution >= 0.6 is 0 Å². The van der Waals surface area contributed by atoms with E-state index in [1.807, 2.05) is 36.4 Å². The number of aliphatic hydroxyl groups is 1. The predicted octanol–water partition coefficient (Wildman–Crippen LogP) is 2.04. The fraction of sp³-hybridized carbons (Fsp3) is 0.480. The molecule has 1 N–H and O–H groups in total. The average molecular weight is 488 g/mol. The zero-order valence-electron chi connectivity index (χ0n) is 19.8. The average Bonchev–Trinajstić information content (AvgIpc) is 3.24. The van der Waals surface area contributed by atoms with E-state index in [2.05, 4.69) is 4.90 Å². The van der Waals surface area contributed by atoms with Crippen LogP contribution in [0, 0.1) is 0 Å². The Kier molecular flexibility index (Phi) is 7.45. The molecule has 9 heteroatoms. The van der Waals surface area contributed by atoms with Gasteiger partial charge in [0, 0.05) is 33.2 Å². The van der Waals surface area contributed by atoms with Gasteiger partial charge in [-0.15, -0.1) is 0 Å². The molecule has 0 saturated carbocycles. The number of aryl methyl sites for hydroxylation is 1. The number of sulfonamides is 1. The van der Waals surface area contributed by atoms with Gasteiger partial charge in [0.15, 0.2) is 6.61 Å². The van der Waals surface area contributed by atoms with Crippen molar-refractivity contribution in [1.29, 1.82) is 0 Å². The van der Waals surface area contributed by atoms with Crippen LogP contribution in [0.3, 0.4) is 0 Å². The number of amides is 1. The van der Waals surface area contributed by atoms with Crippen LogP contribution in [0.25, 0.3) is 0 Å². The number of fused-ring (bicyclic) bond motifs is 1. The van der Waals surface area contributed by atoms with Crippen LogP contribution in [0.1, 0.15) is 30.0 Å². The normalized spacial score (nSPS) is 19.5. The third kappa shape index (κ3) is 5.71. The Morgan fingerprint density at radius 1 is 1.21 bits per heavy atom. The summed E-state index contributed by atoms with van der Waals surface area (Å²) in [6.45, 7) is 2.43. The standard InChI is InChI=1S/C25H33N3O5S/c1-26(24(19-7-4-3-5-8-19)17-27-14-12-21(29)16-27)25(30)18-33-22-10-11-23-20(15-22)9-6-13-28(23)34(2,31)32/h3-5,7-8,10-11,15,21,24,29H,6,9,12-14,16-18H2,1-2H3/t21?,24-/m1/s1. The molecule has 2 atom stereocenters. The molecule has 184 valence electrons. The highest BCUT2D eigenvalue weighted by Gasteiger charge is 2.29. The number of carbonyl (C=O) groups excluding carboxylic acids is 1. The summed E-state index contributed by atoms with van der Waals surface area (Å²) < 4.78 is 31.4. The van der Waals surface area contributed by atoms with Gasteiger partial charge in [-0.1, -0.05) is 30.3 Å². The third-order valence-electron chi connectivity index (χ3n) is 6.61. The number of nitrogens with zero attached hydrogens (tertiary/aromatic N) is 3. The lowest BCUT2D eigenvalue weighted by molar-refractivity contribution is -0.134. The van der Waals surface area contributed by atoms with Gasteiger partial charge in [-0.25, -0.2) is 8.42 Å². The first-order valence-electron chi connectivity index (χ1n) is 11.7. The van der Waals surface area contributed by atoms with Crippen molar-refractivity contribution in [2.75, 3.05) is 50.4 Å². The van der Waals surface area contributed by atoms with Gasteiger partial charge in [-0.05, 0) is 48.6 Å². The molecule has 34 heavy (non-hydrogen) atoms. The summed E-state index contributed by atoms with van der Waals surface area (Å²) in [6, 6.07) is 15.0. The van der Waals surface area contributed by atoms with Gasteiger partial charge in [0.1, 0.15) is 5.75 Å². The largest absolute Gasteiger partial charge is 0.484 e. The Bertz CT molecular complexity index is 1110. The molecule has 1 saturated heterocycles. The minimum Gasteiger partial charge on any atom is -0.484 e. The molecule has 4 rings (SSSR count). The van der Waals surface area contributed by atoms with Crippen LogP contribution in [0.15, 0.2) is 48.5 Å². The van der Waals surface area contributed by atoms with Gasteiger partial charge in [0.2, 0.25) is 10.0 Å². The van der Waals surface area contributed by atoms with E-state index in [0.717, 1.165) is 36.9 Å². The maximum absolute atomic E-state index is 13.1. The molecule has 0 bridgehead atoms. The number of anilines is 1. The topological polar surface area (TPSA) is 90.4 Å². The molecule has 8 nitrogen and oxygen atoms in total. The number of hydrogen-bond donors (Lipinski definition) is 1. The maximum Gasteiger partial charge on any atom is 0.260 e. The number of aliphatic hydroxyl groups excluding tert-OH is 1. The van der Waals surface area contributed by atoms with Crippen LogP contribution in [-0.4, -0.2) is 81.4 Å². The lowest BCUT2D eigenvalue weighted by atomic mass is 10.0. The summed E-state index contributed by atoms with van der Waals surface area (Å²) in [5, 5.41) is 9.91. The van der Waals surface area contributed by atoms with E-state index in [1.54, 1.807) is 24.1 Å². The minimum atomic E-state index is -3.33. The third-order valence-corrected chi connectivity index (χ3v) is 7.79. The Morgan fingerprint density at radius 2 is 1.97 bits per heavy atom. The van der Waals surface area contributed by atoms with Crippen molar-refractivity contribution in [3.63, 3.8) is 0 Å². The molecular formula is C25H33N3O5S. The smallest absolute Gasteiger partial charge is 0.260 e. The van der Waals surface area contributed by atoms with Crippen LogP contribution < -0.4 is 9.04 Å². The zero-order chi connectivity index (χ0) is 24.3. The fourth-order valence-electron chi connectivity index (χ4n) is 4.74. The molecule has 0 aromatic heterocycles. The molecule has 0 spiro atoms. The van der Waals surface area contributed by atoms with Gasteiger partial charge < -0.3 is 14.7 Å². The van der Waals surface area contributed by atoms with Crippen LogP contribution in [0.4, 0.5) is 5.69 Å². The number of carbonyl (C=O) groups is 1. The highest BCUT2D eigenvalue weighted by atomic mass is 32.2. The Balaban J connectivity index is 1.44. The maximum atomic E-state index is 13.1. The first-order chi connectivity index (χ1) is 16.2. The summed E-state index contributed by atoms with van der Waals surface area (Å²) in [6.07, 6.45) is 3.16. The van der Waals surface area contributed by atoms with Crippen LogP contribution in [-0.2, 0) is 21.2 Å². The van der Waals surface area contributed by atoms with E-state index in [9.17, 15) is 18.3 Å². The van der Waals surface area contributed by atoms with E-state index in [-0.39, 0.29) is 24.7 Å². The zero-order valence-corrected chi connectivity index (χ0v) is 20.6. The van der Waals surface area contributed by atoms with Crippen molar-refractivity contribution in [3.8, 4) is 5.75 Å². The first-order valence-corrected chi connectivity index (χ1v) is 13.5.